The maximum atomic E-state index is 13.6. The molecule has 5 amide bonds. The first-order valence-corrected chi connectivity index (χ1v) is 18.6. The lowest BCUT2D eigenvalue weighted by molar-refractivity contribution is -0.134. The Balaban J connectivity index is 2.17. The van der Waals surface area contributed by atoms with Gasteiger partial charge < -0.3 is 57.9 Å². The molecule has 1 aliphatic heterocycles. The summed E-state index contributed by atoms with van der Waals surface area (Å²) in [7, 11) is 0. The highest BCUT2D eigenvalue weighted by Gasteiger charge is 2.35. The largest absolute Gasteiger partial charge is 0.395 e. The van der Waals surface area contributed by atoms with Gasteiger partial charge in [-0.2, -0.15) is 0 Å². The summed E-state index contributed by atoms with van der Waals surface area (Å²) in [5.74, 6) is -3.66. The van der Waals surface area contributed by atoms with Gasteiger partial charge in [0.1, 0.15) is 24.5 Å². The molecule has 1 aliphatic rings. The van der Waals surface area contributed by atoms with Crippen LogP contribution in [0.15, 0.2) is 30.3 Å². The molecule has 2 rings (SSSR count). The fourth-order valence-electron chi connectivity index (χ4n) is 6.04. The van der Waals surface area contributed by atoms with Gasteiger partial charge in [0.2, 0.25) is 29.5 Å². The molecule has 306 valence electrons. The maximum absolute atomic E-state index is 13.6. The van der Waals surface area contributed by atoms with Crippen molar-refractivity contribution >= 4 is 29.5 Å². The third-order valence-corrected chi connectivity index (χ3v) is 9.42. The van der Waals surface area contributed by atoms with Gasteiger partial charge in [-0.3, -0.25) is 34.6 Å². The van der Waals surface area contributed by atoms with Gasteiger partial charge >= 0.3 is 0 Å². The van der Waals surface area contributed by atoms with E-state index in [-0.39, 0.29) is 30.6 Å². The Morgan fingerprint density at radius 1 is 0.833 bits per heavy atom. The Morgan fingerprint density at radius 3 is 2.00 bits per heavy atom. The van der Waals surface area contributed by atoms with Gasteiger partial charge in [0.05, 0.1) is 43.2 Å². The van der Waals surface area contributed by atoms with E-state index in [9.17, 15) is 49.5 Å². The van der Waals surface area contributed by atoms with Crippen LogP contribution in [0, 0.1) is 11.8 Å². The molecule has 0 radical (unpaired) electrons. The zero-order valence-corrected chi connectivity index (χ0v) is 31.8. The van der Waals surface area contributed by atoms with Gasteiger partial charge in [0.15, 0.2) is 6.29 Å². The second-order valence-corrected chi connectivity index (χ2v) is 14.4. The summed E-state index contributed by atoms with van der Waals surface area (Å²) in [5.41, 5.74) is 6.19. The predicted molar refractivity (Wildman–Crippen MR) is 198 cm³/mol. The molecule has 10 atom stereocenters. The lowest BCUT2D eigenvalue weighted by Crippen LogP contribution is -2.63. The minimum absolute atomic E-state index is 0.0843. The number of primary amides is 1. The van der Waals surface area contributed by atoms with E-state index in [0.717, 1.165) is 12.0 Å². The van der Waals surface area contributed by atoms with Crippen LogP contribution in [0.3, 0.4) is 0 Å². The molecule has 14 N–H and O–H groups in total. The minimum atomic E-state index is -1.82. The lowest BCUT2D eigenvalue weighted by Gasteiger charge is -2.33. The third-order valence-electron chi connectivity index (χ3n) is 9.42. The normalized spacial score (nSPS) is 19.4. The Labute approximate surface area is 316 Å². The molecule has 0 spiro atoms. The first-order valence-electron chi connectivity index (χ1n) is 18.6. The second-order valence-electron chi connectivity index (χ2n) is 14.4. The van der Waals surface area contributed by atoms with Crippen molar-refractivity contribution in [3.63, 3.8) is 0 Å². The zero-order valence-electron chi connectivity index (χ0n) is 31.8. The smallest absolute Gasteiger partial charge is 0.243 e. The van der Waals surface area contributed by atoms with Crippen LogP contribution in [-0.2, 0) is 30.4 Å². The van der Waals surface area contributed by atoms with E-state index in [0.29, 0.717) is 19.4 Å². The van der Waals surface area contributed by atoms with Crippen molar-refractivity contribution in [1.29, 1.82) is 0 Å². The van der Waals surface area contributed by atoms with Crippen molar-refractivity contribution in [2.75, 3.05) is 13.2 Å². The molecule has 1 saturated heterocycles. The molecule has 0 saturated carbocycles. The Bertz CT molecular complexity index is 1330. The minimum Gasteiger partial charge on any atom is -0.395 e. The number of carbonyl (C=O) groups is 5. The molecule has 18 heteroatoms. The Morgan fingerprint density at radius 2 is 1.46 bits per heavy atom. The van der Waals surface area contributed by atoms with Crippen LogP contribution in [0.4, 0.5) is 0 Å². The lowest BCUT2D eigenvalue weighted by atomic mass is 9.98. The van der Waals surface area contributed by atoms with Crippen LogP contribution in [0.2, 0.25) is 0 Å². The quantitative estimate of drug-likeness (QED) is 0.0461. The highest BCUT2D eigenvalue weighted by atomic mass is 16.5. The van der Waals surface area contributed by atoms with Crippen molar-refractivity contribution in [2.24, 2.45) is 17.6 Å². The summed E-state index contributed by atoms with van der Waals surface area (Å²) in [5, 5.41) is 70.8. The Kier molecular flexibility index (Phi) is 20.0. The standard InChI is InChI=1S/C36H62N8O10/c1-6-20(4)29(36(53)54)44-30(47)21(5)39-32(49)24(15-19(2)3)40-35(52)27(18-45)43-34(51)26(17-28(37)46)42-33(50)25(16-22-11-8-7-9-12-22)41-31(48)23-13-10-14-38-23/h7-9,11-12,19-21,23-27,29,34-36,38,40,43,45,51-54H,6,10,13-18H2,1-5H3,(H2,37,46)(H,39,49)(H,41,48)(H,42,50)(H,44,47)/t20?,21-,23?,24+,25?,26+,27?,29+,34+,35-/m0/s1. The van der Waals surface area contributed by atoms with Crippen LogP contribution in [-0.4, -0.2) is 129 Å². The summed E-state index contributed by atoms with van der Waals surface area (Å²) in [6, 6.07) is 1.45. The highest BCUT2D eigenvalue weighted by Crippen LogP contribution is 2.13. The van der Waals surface area contributed by atoms with Gasteiger partial charge in [-0.05, 0) is 50.1 Å². The molecular weight excluding hydrogens is 704 g/mol. The summed E-state index contributed by atoms with van der Waals surface area (Å²) in [6.07, 6.45) is -3.60. The summed E-state index contributed by atoms with van der Waals surface area (Å²) >= 11 is 0. The molecule has 4 unspecified atom stereocenters. The molecule has 54 heavy (non-hydrogen) atoms. The SMILES string of the molecule is CCC(C)[C@@H](NC(=O)[C@H](C)NC(=O)[C@@H](CC(C)C)N[C@@H](O)C(CO)N[C@H](O)[C@@H](CC(N)=O)NC(=O)C(Cc1ccccc1)NC(=O)C1CCCN1)C(O)O. The second kappa shape index (κ2) is 23.2. The van der Waals surface area contributed by atoms with Crippen LogP contribution in [0.5, 0.6) is 0 Å². The van der Waals surface area contributed by atoms with Crippen LogP contribution < -0.4 is 43.0 Å². The topological polar surface area (TPSA) is 297 Å². The number of nitrogens with one attached hydrogen (secondary N) is 7. The summed E-state index contributed by atoms with van der Waals surface area (Å²) in [6.45, 7) is 8.51. The van der Waals surface area contributed by atoms with Crippen LogP contribution >= 0.6 is 0 Å². The number of hydrogen-bond acceptors (Lipinski definition) is 13. The fourth-order valence-corrected chi connectivity index (χ4v) is 6.04. The van der Waals surface area contributed by atoms with Crippen LogP contribution in [0.1, 0.15) is 72.3 Å². The van der Waals surface area contributed by atoms with Crippen molar-refractivity contribution in [3.8, 4) is 0 Å². The third kappa shape index (κ3) is 15.5. The number of aliphatic hydroxyl groups excluding tert-OH is 4. The number of benzene rings is 1. The van der Waals surface area contributed by atoms with E-state index in [1.54, 1.807) is 37.3 Å². The van der Waals surface area contributed by atoms with Crippen molar-refractivity contribution < 1.29 is 49.5 Å². The monoisotopic (exact) mass is 766 g/mol. The Hall–Kier alpha value is -3.75. The molecule has 0 aliphatic carbocycles. The molecule has 1 fully saturated rings. The first kappa shape index (κ1) is 46.4. The average molecular weight is 767 g/mol. The molecule has 0 aromatic heterocycles. The van der Waals surface area contributed by atoms with Crippen molar-refractivity contribution in [2.45, 2.75) is 134 Å². The number of nitrogens with two attached hydrogens (primary N) is 1. The first-order chi connectivity index (χ1) is 25.5. The highest BCUT2D eigenvalue weighted by molar-refractivity contribution is 5.91. The molecule has 0 bridgehead atoms. The van der Waals surface area contributed by atoms with E-state index in [2.05, 4.69) is 37.2 Å². The molecule has 18 nitrogen and oxygen atoms in total. The molecule has 1 aromatic rings. The van der Waals surface area contributed by atoms with Gasteiger partial charge in [-0.15, -0.1) is 0 Å². The maximum Gasteiger partial charge on any atom is 0.243 e. The predicted octanol–water partition coefficient (Wildman–Crippen LogP) is -3.24. The van der Waals surface area contributed by atoms with Crippen molar-refractivity contribution in [1.82, 2.24) is 37.2 Å². The molecule has 1 heterocycles. The number of hydrogen-bond donors (Lipinski definition) is 13. The van der Waals surface area contributed by atoms with Crippen molar-refractivity contribution in [3.05, 3.63) is 35.9 Å². The van der Waals surface area contributed by atoms with Gasteiger partial charge in [0.25, 0.3) is 0 Å². The average Bonchev–Trinajstić information content (AvgIpc) is 3.67. The summed E-state index contributed by atoms with van der Waals surface area (Å²) < 4.78 is 0. The number of carbonyl (C=O) groups excluding carboxylic acids is 5. The van der Waals surface area contributed by atoms with Gasteiger partial charge in [-0.1, -0.05) is 64.4 Å². The number of aliphatic hydroxyl groups is 5. The number of rotatable bonds is 24. The van der Waals surface area contributed by atoms with E-state index >= 15 is 0 Å². The summed E-state index contributed by atoms with van der Waals surface area (Å²) in [4.78, 5) is 64.9. The molecule has 1 aromatic carbocycles. The van der Waals surface area contributed by atoms with Gasteiger partial charge in [0, 0.05) is 6.42 Å². The van der Waals surface area contributed by atoms with E-state index in [4.69, 9.17) is 5.73 Å². The zero-order chi connectivity index (χ0) is 40.5. The van der Waals surface area contributed by atoms with E-state index in [1.807, 2.05) is 20.8 Å². The van der Waals surface area contributed by atoms with E-state index in [1.165, 1.54) is 6.92 Å². The van der Waals surface area contributed by atoms with E-state index < -0.39 is 97.7 Å². The van der Waals surface area contributed by atoms with Crippen LogP contribution in [0.25, 0.3) is 0 Å². The van der Waals surface area contributed by atoms with Gasteiger partial charge in [-0.25, -0.2) is 0 Å². The number of amides is 5. The fraction of sp³-hybridized carbons (Fsp3) is 0.694. The molecular formula is C36H62N8O10.